The quantitative estimate of drug-likeness (QED) is 0.294. The Morgan fingerprint density at radius 2 is 1.75 bits per heavy atom. The summed E-state index contributed by atoms with van der Waals surface area (Å²) in [4.78, 5) is 0. The molecule has 0 radical (unpaired) electrons. The second kappa shape index (κ2) is 4.90. The fourth-order valence-electron chi connectivity index (χ4n) is 0.896. The Morgan fingerprint density at radius 3 is 2.00 bits per heavy atom. The van der Waals surface area contributed by atoms with E-state index >= 15 is 0 Å². The summed E-state index contributed by atoms with van der Waals surface area (Å²) in [5.74, 6) is 0. The monoisotopic (exact) mass is 214 g/mol. The summed E-state index contributed by atoms with van der Waals surface area (Å²) in [6.45, 7) is 0. The second-order valence-electron chi connectivity index (χ2n) is 1.91. The number of hydrogen-bond donors (Lipinski definition) is 0. The smallest absolute Gasteiger partial charge is 0.426 e. The number of hydrogen-bond acceptors (Lipinski definition) is 0. The molecule has 8 heavy (non-hydrogen) atoms. The molecule has 1 aliphatic carbocycles. The average Bonchev–Trinajstić information content (AvgIpc) is 2.14. The van der Waals surface area contributed by atoms with Gasteiger partial charge in [0, 0.05) is 0 Å². The molecule has 0 aromatic heterocycles. The van der Waals surface area contributed by atoms with E-state index in [1.54, 1.807) is 0 Å². The SMILES string of the molecule is I[C-]=C1CCCC1.[Li+]. The predicted molar refractivity (Wildman–Crippen MR) is 39.2 cm³/mol. The Kier molecular flexibility index (Phi) is 5.55. The Labute approximate surface area is 76.4 Å². The minimum atomic E-state index is 0. The van der Waals surface area contributed by atoms with Crippen LogP contribution in [0, 0.1) is 4.08 Å². The van der Waals surface area contributed by atoms with Gasteiger partial charge in [0.25, 0.3) is 0 Å². The van der Waals surface area contributed by atoms with Crippen LogP contribution in [-0.4, -0.2) is 0 Å². The molecule has 0 aromatic carbocycles. The van der Waals surface area contributed by atoms with Crippen molar-refractivity contribution in [3.8, 4) is 0 Å². The zero-order chi connectivity index (χ0) is 5.11. The van der Waals surface area contributed by atoms with Gasteiger partial charge >= 0.3 is 18.9 Å². The summed E-state index contributed by atoms with van der Waals surface area (Å²) >= 11 is 2.20. The first kappa shape index (κ1) is 9.07. The van der Waals surface area contributed by atoms with Crippen LogP contribution < -0.4 is 18.9 Å². The maximum Gasteiger partial charge on any atom is 1.00 e. The van der Waals surface area contributed by atoms with E-state index in [2.05, 4.69) is 26.7 Å². The van der Waals surface area contributed by atoms with Gasteiger partial charge in [0.1, 0.15) is 0 Å². The second-order valence-corrected chi connectivity index (χ2v) is 2.44. The molecule has 2 heteroatoms. The molecule has 0 nitrogen and oxygen atoms in total. The molecule has 0 N–H and O–H groups in total. The van der Waals surface area contributed by atoms with Crippen LogP contribution in [0.3, 0.4) is 0 Å². The fraction of sp³-hybridized carbons (Fsp3) is 0.667. The molecule has 0 heterocycles. The van der Waals surface area contributed by atoms with E-state index < -0.39 is 0 Å². The standard InChI is InChI=1S/C6H8I.Li/c7-5-6-3-1-2-4-6;/h1-4H2;/q-1;+1. The molecular weight excluding hydrogens is 206 g/mol. The van der Waals surface area contributed by atoms with E-state index in [1.165, 1.54) is 31.3 Å². The molecule has 0 saturated heterocycles. The molecule has 0 atom stereocenters. The molecule has 0 unspecified atom stereocenters. The summed E-state index contributed by atoms with van der Waals surface area (Å²) in [7, 11) is 0. The van der Waals surface area contributed by atoms with Crippen molar-refractivity contribution in [2.45, 2.75) is 25.7 Å². The topological polar surface area (TPSA) is 0 Å². The minimum Gasteiger partial charge on any atom is -0.426 e. The maximum atomic E-state index is 3.15. The Balaban J connectivity index is 0.000000490. The molecule has 1 saturated carbocycles. The number of halogens is 1. The molecule has 1 fully saturated rings. The van der Waals surface area contributed by atoms with Crippen molar-refractivity contribution in [3.05, 3.63) is 9.66 Å². The molecule has 0 amide bonds. The maximum absolute atomic E-state index is 3.15. The molecule has 0 aromatic rings. The van der Waals surface area contributed by atoms with Crippen LogP contribution in [0.1, 0.15) is 25.7 Å². The zero-order valence-corrected chi connectivity index (χ0v) is 7.36. The molecule has 1 aliphatic rings. The van der Waals surface area contributed by atoms with Crippen molar-refractivity contribution in [1.82, 2.24) is 0 Å². The van der Waals surface area contributed by atoms with Gasteiger partial charge in [-0.25, -0.2) is 5.57 Å². The van der Waals surface area contributed by atoms with Crippen molar-refractivity contribution in [2.75, 3.05) is 0 Å². The summed E-state index contributed by atoms with van der Waals surface area (Å²) < 4.78 is 3.15. The van der Waals surface area contributed by atoms with Crippen molar-refractivity contribution < 1.29 is 18.9 Å². The van der Waals surface area contributed by atoms with Gasteiger partial charge in [-0.1, -0.05) is 25.7 Å². The van der Waals surface area contributed by atoms with Crippen LogP contribution in [0.4, 0.5) is 0 Å². The summed E-state index contributed by atoms with van der Waals surface area (Å²) in [6, 6.07) is 0. The van der Waals surface area contributed by atoms with Crippen LogP contribution in [-0.2, 0) is 0 Å². The van der Waals surface area contributed by atoms with E-state index in [1.807, 2.05) is 0 Å². The van der Waals surface area contributed by atoms with E-state index in [0.717, 1.165) is 0 Å². The predicted octanol–water partition coefficient (Wildman–Crippen LogP) is -0.314. The average molecular weight is 214 g/mol. The normalized spacial score (nSPS) is 17.9. The molecule has 1 rings (SSSR count). The first-order valence-electron chi connectivity index (χ1n) is 2.65. The van der Waals surface area contributed by atoms with Crippen LogP contribution in [0.5, 0.6) is 0 Å². The molecule has 0 aliphatic heterocycles. The van der Waals surface area contributed by atoms with Gasteiger partial charge < -0.3 is 26.7 Å². The van der Waals surface area contributed by atoms with Crippen molar-refractivity contribution in [1.29, 1.82) is 0 Å². The largest absolute Gasteiger partial charge is 1.00 e. The summed E-state index contributed by atoms with van der Waals surface area (Å²) in [6.07, 6.45) is 5.41. The summed E-state index contributed by atoms with van der Waals surface area (Å²) in [5, 5.41) is 0. The number of rotatable bonds is 0. The first-order chi connectivity index (χ1) is 3.43. The van der Waals surface area contributed by atoms with Gasteiger partial charge in [-0.2, -0.15) is 0 Å². The van der Waals surface area contributed by atoms with Crippen molar-refractivity contribution in [3.63, 3.8) is 0 Å². The van der Waals surface area contributed by atoms with Crippen molar-refractivity contribution >= 4 is 22.6 Å². The first-order valence-corrected chi connectivity index (χ1v) is 3.72. The zero-order valence-electron chi connectivity index (χ0n) is 5.21. The van der Waals surface area contributed by atoms with Crippen LogP contribution in [0.15, 0.2) is 5.57 Å². The fourth-order valence-corrected chi connectivity index (χ4v) is 1.44. The van der Waals surface area contributed by atoms with Gasteiger partial charge in [-0.3, -0.25) is 0 Å². The summed E-state index contributed by atoms with van der Waals surface area (Å²) in [5.41, 5.74) is 1.53. The third-order valence-electron chi connectivity index (χ3n) is 1.34. The van der Waals surface area contributed by atoms with Crippen LogP contribution in [0.25, 0.3) is 0 Å². The Hall–Kier alpha value is 1.07. The van der Waals surface area contributed by atoms with Crippen LogP contribution in [0.2, 0.25) is 0 Å². The van der Waals surface area contributed by atoms with Gasteiger partial charge in [-0.05, 0) is 0 Å². The van der Waals surface area contributed by atoms with E-state index in [0.29, 0.717) is 0 Å². The van der Waals surface area contributed by atoms with E-state index in [4.69, 9.17) is 0 Å². The molecule has 0 spiro atoms. The van der Waals surface area contributed by atoms with Crippen LogP contribution >= 0.6 is 22.6 Å². The number of allylic oxidation sites excluding steroid dienone is 1. The van der Waals surface area contributed by atoms with E-state index in [9.17, 15) is 0 Å². The minimum absolute atomic E-state index is 0. The van der Waals surface area contributed by atoms with Gasteiger partial charge in [0.15, 0.2) is 0 Å². The van der Waals surface area contributed by atoms with Gasteiger partial charge in [-0.15, -0.1) is 0 Å². The third kappa shape index (κ3) is 2.57. The van der Waals surface area contributed by atoms with Gasteiger partial charge in [0.2, 0.25) is 0 Å². The van der Waals surface area contributed by atoms with E-state index in [-0.39, 0.29) is 18.9 Å². The Bertz CT molecular complexity index is 80.5. The molecule has 40 valence electrons. The van der Waals surface area contributed by atoms with Gasteiger partial charge in [0.05, 0.1) is 0 Å². The van der Waals surface area contributed by atoms with Crippen molar-refractivity contribution in [2.24, 2.45) is 0 Å². The molecule has 0 bridgehead atoms. The Morgan fingerprint density at radius 1 is 1.25 bits per heavy atom. The third-order valence-corrected chi connectivity index (χ3v) is 2.10. The molecular formula is C6H8ILi.